The molecule has 2 aromatic rings. The molecule has 1 atom stereocenters. The number of rotatable bonds is 3. The van der Waals surface area contributed by atoms with Crippen molar-refractivity contribution in [3.8, 4) is 5.75 Å². The SMILES string of the molecule is COc1ccnc(N2CCN(C(=O)[C@H]3CCCc4cn[nH]c43)CC2)c1. The van der Waals surface area contributed by atoms with Gasteiger partial charge in [0.2, 0.25) is 5.91 Å². The van der Waals surface area contributed by atoms with E-state index in [1.165, 1.54) is 5.56 Å². The third-order valence-electron chi connectivity index (χ3n) is 5.20. The number of nitrogens with one attached hydrogen (secondary N) is 1. The first-order valence-electron chi connectivity index (χ1n) is 8.82. The number of fused-ring (bicyclic) bond motifs is 1. The molecule has 0 saturated carbocycles. The van der Waals surface area contributed by atoms with Crippen molar-refractivity contribution in [2.45, 2.75) is 25.2 Å². The minimum absolute atomic E-state index is 0.0623. The summed E-state index contributed by atoms with van der Waals surface area (Å²) < 4.78 is 5.27. The maximum atomic E-state index is 13.0. The molecule has 132 valence electrons. The number of hydrogen-bond acceptors (Lipinski definition) is 5. The van der Waals surface area contributed by atoms with Crippen LogP contribution in [0.25, 0.3) is 0 Å². The van der Waals surface area contributed by atoms with Gasteiger partial charge in [0.1, 0.15) is 11.6 Å². The third-order valence-corrected chi connectivity index (χ3v) is 5.20. The first-order valence-corrected chi connectivity index (χ1v) is 8.82. The Morgan fingerprint density at radius 1 is 1.32 bits per heavy atom. The second kappa shape index (κ2) is 6.74. The van der Waals surface area contributed by atoms with Gasteiger partial charge in [0.25, 0.3) is 0 Å². The average Bonchev–Trinajstić information content (AvgIpc) is 3.16. The molecule has 2 aromatic heterocycles. The average molecular weight is 341 g/mol. The number of methoxy groups -OCH3 is 1. The van der Waals surface area contributed by atoms with Gasteiger partial charge in [-0.05, 0) is 30.9 Å². The molecular weight excluding hydrogens is 318 g/mol. The van der Waals surface area contributed by atoms with Crippen LogP contribution in [0, 0.1) is 0 Å². The molecule has 2 aliphatic rings. The topological polar surface area (TPSA) is 74.3 Å². The van der Waals surface area contributed by atoms with E-state index < -0.39 is 0 Å². The lowest BCUT2D eigenvalue weighted by molar-refractivity contribution is -0.133. The molecule has 1 fully saturated rings. The summed E-state index contributed by atoms with van der Waals surface area (Å²) in [6.07, 6.45) is 6.60. The zero-order valence-electron chi connectivity index (χ0n) is 14.4. The summed E-state index contributed by atoms with van der Waals surface area (Å²) in [4.78, 5) is 21.6. The van der Waals surface area contributed by atoms with Crippen molar-refractivity contribution < 1.29 is 9.53 Å². The van der Waals surface area contributed by atoms with Gasteiger partial charge in [0.15, 0.2) is 0 Å². The van der Waals surface area contributed by atoms with Gasteiger partial charge >= 0.3 is 0 Å². The van der Waals surface area contributed by atoms with E-state index in [0.717, 1.165) is 62.7 Å². The fourth-order valence-electron chi connectivity index (χ4n) is 3.79. The Labute approximate surface area is 147 Å². The Kier molecular flexibility index (Phi) is 4.29. The lowest BCUT2D eigenvalue weighted by Gasteiger charge is -2.37. The molecule has 7 nitrogen and oxygen atoms in total. The van der Waals surface area contributed by atoms with Gasteiger partial charge in [0.05, 0.1) is 24.9 Å². The van der Waals surface area contributed by atoms with E-state index in [9.17, 15) is 4.79 Å². The van der Waals surface area contributed by atoms with Crippen molar-refractivity contribution in [2.75, 3.05) is 38.2 Å². The van der Waals surface area contributed by atoms with Gasteiger partial charge < -0.3 is 14.5 Å². The second-order valence-corrected chi connectivity index (χ2v) is 6.62. The Hall–Kier alpha value is -2.57. The number of carbonyl (C=O) groups excluding carboxylic acids is 1. The van der Waals surface area contributed by atoms with Gasteiger partial charge in [-0.2, -0.15) is 5.10 Å². The molecule has 1 amide bonds. The van der Waals surface area contributed by atoms with Crippen molar-refractivity contribution >= 4 is 11.7 Å². The van der Waals surface area contributed by atoms with Crippen LogP contribution < -0.4 is 9.64 Å². The van der Waals surface area contributed by atoms with E-state index in [4.69, 9.17) is 4.74 Å². The highest BCUT2D eigenvalue weighted by Gasteiger charge is 2.33. The van der Waals surface area contributed by atoms with Crippen LogP contribution in [0.3, 0.4) is 0 Å². The molecular formula is C18H23N5O2. The fraction of sp³-hybridized carbons (Fsp3) is 0.500. The van der Waals surface area contributed by atoms with Crippen LogP contribution in [0.15, 0.2) is 24.5 Å². The van der Waals surface area contributed by atoms with E-state index in [1.807, 2.05) is 23.2 Å². The van der Waals surface area contributed by atoms with Gasteiger partial charge in [-0.3, -0.25) is 9.89 Å². The van der Waals surface area contributed by atoms with Gasteiger partial charge in [-0.1, -0.05) is 0 Å². The molecule has 3 heterocycles. The van der Waals surface area contributed by atoms with Crippen LogP contribution >= 0.6 is 0 Å². The summed E-state index contributed by atoms with van der Waals surface area (Å²) in [6.45, 7) is 3.01. The summed E-state index contributed by atoms with van der Waals surface area (Å²) >= 11 is 0. The molecule has 1 aliphatic carbocycles. The number of aryl methyl sites for hydroxylation is 1. The van der Waals surface area contributed by atoms with Gasteiger partial charge in [0, 0.05) is 38.4 Å². The molecule has 4 rings (SSSR count). The highest BCUT2D eigenvalue weighted by Crippen LogP contribution is 2.31. The molecule has 1 saturated heterocycles. The first-order chi connectivity index (χ1) is 12.3. The number of ether oxygens (including phenoxy) is 1. The van der Waals surface area contributed by atoms with E-state index >= 15 is 0 Å². The van der Waals surface area contributed by atoms with Crippen LogP contribution in [0.4, 0.5) is 5.82 Å². The molecule has 1 N–H and O–H groups in total. The monoisotopic (exact) mass is 341 g/mol. The Bertz CT molecular complexity index is 751. The summed E-state index contributed by atoms with van der Waals surface area (Å²) in [5, 5.41) is 7.17. The summed E-state index contributed by atoms with van der Waals surface area (Å²) in [5.74, 6) is 1.87. The Balaban J connectivity index is 1.41. The first kappa shape index (κ1) is 15.9. The third kappa shape index (κ3) is 3.06. The maximum absolute atomic E-state index is 13.0. The lowest BCUT2D eigenvalue weighted by atomic mass is 9.87. The highest BCUT2D eigenvalue weighted by molar-refractivity contribution is 5.84. The molecule has 7 heteroatoms. The molecule has 0 unspecified atom stereocenters. The fourth-order valence-corrected chi connectivity index (χ4v) is 3.79. The zero-order chi connectivity index (χ0) is 17.2. The van der Waals surface area contributed by atoms with E-state index in [0.29, 0.717) is 0 Å². The van der Waals surface area contributed by atoms with Crippen LogP contribution in [0.1, 0.15) is 30.0 Å². The smallest absolute Gasteiger partial charge is 0.231 e. The number of hydrogen-bond donors (Lipinski definition) is 1. The molecule has 1 aliphatic heterocycles. The normalized spacial score (nSPS) is 20.3. The summed E-state index contributed by atoms with van der Waals surface area (Å²) in [6, 6.07) is 3.78. The summed E-state index contributed by atoms with van der Waals surface area (Å²) in [7, 11) is 1.66. The molecule has 0 aromatic carbocycles. The number of anilines is 1. The minimum atomic E-state index is -0.0623. The summed E-state index contributed by atoms with van der Waals surface area (Å²) in [5.41, 5.74) is 2.22. The number of H-pyrrole nitrogens is 1. The Morgan fingerprint density at radius 3 is 2.96 bits per heavy atom. The van der Waals surface area contributed by atoms with Crippen molar-refractivity contribution in [1.82, 2.24) is 20.1 Å². The molecule has 0 bridgehead atoms. The maximum Gasteiger partial charge on any atom is 0.231 e. The second-order valence-electron chi connectivity index (χ2n) is 6.62. The Morgan fingerprint density at radius 2 is 2.16 bits per heavy atom. The van der Waals surface area contributed by atoms with E-state index in [2.05, 4.69) is 20.1 Å². The standard InChI is InChI=1S/C18H23N5O2/c1-25-14-5-6-19-16(11-14)22-7-9-23(10-8-22)18(24)15-4-2-3-13-12-20-21-17(13)15/h5-6,11-12,15H,2-4,7-10H2,1H3,(H,20,21)/t15-/m0/s1. The van der Waals surface area contributed by atoms with E-state index in [-0.39, 0.29) is 11.8 Å². The predicted molar refractivity (Wildman–Crippen MR) is 93.8 cm³/mol. The molecule has 0 spiro atoms. The number of carbonyl (C=O) groups is 1. The molecule has 0 radical (unpaired) electrons. The number of pyridine rings is 1. The predicted octanol–water partition coefficient (Wildman–Crippen LogP) is 1.58. The van der Waals surface area contributed by atoms with Crippen LogP contribution in [-0.2, 0) is 11.2 Å². The van der Waals surface area contributed by atoms with Crippen LogP contribution in [-0.4, -0.2) is 59.3 Å². The highest BCUT2D eigenvalue weighted by atomic mass is 16.5. The minimum Gasteiger partial charge on any atom is -0.497 e. The molecule has 25 heavy (non-hydrogen) atoms. The largest absolute Gasteiger partial charge is 0.497 e. The number of aromatic nitrogens is 3. The van der Waals surface area contributed by atoms with E-state index in [1.54, 1.807) is 13.3 Å². The van der Waals surface area contributed by atoms with Gasteiger partial charge in [-0.25, -0.2) is 4.98 Å². The van der Waals surface area contributed by atoms with Crippen molar-refractivity contribution in [3.63, 3.8) is 0 Å². The van der Waals surface area contributed by atoms with Crippen molar-refractivity contribution in [2.24, 2.45) is 0 Å². The number of piperazine rings is 1. The number of nitrogens with zero attached hydrogens (tertiary/aromatic N) is 4. The zero-order valence-corrected chi connectivity index (χ0v) is 14.4. The number of amides is 1. The quantitative estimate of drug-likeness (QED) is 0.917. The van der Waals surface area contributed by atoms with Crippen molar-refractivity contribution in [3.05, 3.63) is 35.8 Å². The number of aromatic amines is 1. The van der Waals surface area contributed by atoms with Crippen molar-refractivity contribution in [1.29, 1.82) is 0 Å². The van der Waals surface area contributed by atoms with Crippen LogP contribution in [0.2, 0.25) is 0 Å². The van der Waals surface area contributed by atoms with Gasteiger partial charge in [-0.15, -0.1) is 0 Å². The van der Waals surface area contributed by atoms with Crippen LogP contribution in [0.5, 0.6) is 5.75 Å². The lowest BCUT2D eigenvalue weighted by Crippen LogP contribution is -2.50.